The molecule has 1 unspecified atom stereocenters. The number of aryl methyl sites for hydroxylation is 1. The molecule has 2 heterocycles. The summed E-state index contributed by atoms with van der Waals surface area (Å²) in [5.41, 5.74) is 7.25. The summed E-state index contributed by atoms with van der Waals surface area (Å²) in [6, 6.07) is 17.3. The Morgan fingerprint density at radius 3 is 1.83 bits per heavy atom. The fraction of sp³-hybridized carbons (Fsp3) is 0.150. The van der Waals surface area contributed by atoms with E-state index in [1.165, 1.54) is 39.3 Å². The van der Waals surface area contributed by atoms with Crippen molar-refractivity contribution in [3.05, 3.63) is 81.4 Å². The van der Waals surface area contributed by atoms with Gasteiger partial charge in [0.15, 0.2) is 0 Å². The average molecular weight is 387 g/mol. The number of allylic oxidation sites excluding steroid dienone is 2. The minimum absolute atomic E-state index is 0.231. The zero-order valence-electron chi connectivity index (χ0n) is 13.1. The van der Waals surface area contributed by atoms with Gasteiger partial charge in [0, 0.05) is 19.7 Å². The maximum atomic E-state index is 6.05. The second-order valence-electron chi connectivity index (χ2n) is 6.22. The Bertz CT molecular complexity index is 870. The Morgan fingerprint density at radius 1 is 0.792 bits per heavy atom. The van der Waals surface area contributed by atoms with Gasteiger partial charge in [0.25, 0.3) is 0 Å². The van der Waals surface area contributed by atoms with Gasteiger partial charge in [0.2, 0.25) is 0 Å². The molecule has 0 bridgehead atoms. The van der Waals surface area contributed by atoms with Gasteiger partial charge < -0.3 is 0 Å². The third kappa shape index (κ3) is 2.37. The van der Waals surface area contributed by atoms with Crippen LogP contribution in [0.25, 0.3) is 9.81 Å². The topological polar surface area (TPSA) is 0 Å². The molecular weight excluding hydrogens is 372 g/mol. The molecule has 120 valence electrons. The van der Waals surface area contributed by atoms with E-state index in [1.54, 1.807) is 16.0 Å². The van der Waals surface area contributed by atoms with E-state index >= 15 is 0 Å². The largest absolute Gasteiger partial charge is 0.0843 e. The first kappa shape index (κ1) is 15.4. The minimum Gasteiger partial charge on any atom is -0.0843 e. The monoisotopic (exact) mass is 386 g/mol. The van der Waals surface area contributed by atoms with Crippen LogP contribution >= 0.6 is 41.7 Å². The zero-order chi connectivity index (χ0) is 16.3. The maximum absolute atomic E-state index is 6.05. The van der Waals surface area contributed by atoms with Crippen molar-refractivity contribution in [1.82, 2.24) is 0 Å². The number of halogens is 1. The van der Waals surface area contributed by atoms with Crippen LogP contribution in [0.4, 0.5) is 0 Å². The van der Waals surface area contributed by atoms with E-state index in [0.29, 0.717) is 0 Å². The van der Waals surface area contributed by atoms with Crippen LogP contribution in [0.3, 0.4) is 0 Å². The third-order valence-corrected chi connectivity index (χ3v) is 11.4. The first-order chi connectivity index (χ1) is 11.7. The fourth-order valence-corrected chi connectivity index (χ4v) is 11.5. The van der Waals surface area contributed by atoms with Crippen LogP contribution in [-0.4, -0.2) is 4.86 Å². The molecule has 5 rings (SSSR count). The molecule has 1 aliphatic carbocycles. The Labute approximate surface area is 157 Å². The normalized spacial score (nSPS) is 21.9. The lowest BCUT2D eigenvalue weighted by atomic mass is 10.1. The van der Waals surface area contributed by atoms with Gasteiger partial charge in [-0.2, -0.15) is 0 Å². The van der Waals surface area contributed by atoms with Gasteiger partial charge in [-0.1, -0.05) is 83.7 Å². The molecule has 0 nitrogen and oxygen atoms in total. The summed E-state index contributed by atoms with van der Waals surface area (Å²) in [5.74, 6) is 0. The summed E-state index contributed by atoms with van der Waals surface area (Å²) in [4.78, 5) is 4.65. The highest BCUT2D eigenvalue weighted by atomic mass is 35.5. The lowest BCUT2D eigenvalue weighted by Gasteiger charge is -2.08. The lowest BCUT2D eigenvalue weighted by molar-refractivity contribution is 1.06. The molecule has 0 saturated heterocycles. The molecule has 2 aliphatic heterocycles. The summed E-state index contributed by atoms with van der Waals surface area (Å²) >= 11 is 6.05. The second-order valence-corrected chi connectivity index (χ2v) is 12.3. The molecule has 1 atom stereocenters. The highest BCUT2D eigenvalue weighted by Crippen LogP contribution is 2.70. The van der Waals surface area contributed by atoms with Crippen LogP contribution in [0.2, 0.25) is 5.02 Å². The smallest absolute Gasteiger partial charge is 0.0406 e. The van der Waals surface area contributed by atoms with E-state index in [4.69, 9.17) is 11.6 Å². The Kier molecular flexibility index (Phi) is 3.75. The summed E-state index contributed by atoms with van der Waals surface area (Å²) in [6.45, 7) is 2.15. The van der Waals surface area contributed by atoms with E-state index < -0.39 is 0 Å². The summed E-state index contributed by atoms with van der Waals surface area (Å²) < 4.78 is 0. The van der Waals surface area contributed by atoms with Crippen molar-refractivity contribution < 1.29 is 0 Å². The van der Waals surface area contributed by atoms with Crippen molar-refractivity contribution >= 4 is 56.4 Å². The van der Waals surface area contributed by atoms with Gasteiger partial charge in [-0.25, -0.2) is 0 Å². The highest BCUT2D eigenvalue weighted by molar-refractivity contribution is 9.19. The zero-order valence-corrected chi connectivity index (χ0v) is 16.3. The summed E-state index contributed by atoms with van der Waals surface area (Å²) in [5, 5.41) is 0.811. The molecule has 0 amide bonds. The second kappa shape index (κ2) is 5.84. The van der Waals surface area contributed by atoms with Gasteiger partial charge in [0.1, 0.15) is 0 Å². The summed E-state index contributed by atoms with van der Waals surface area (Å²) in [6.07, 6.45) is 2.39. The van der Waals surface area contributed by atoms with Gasteiger partial charge in [-0.3, -0.25) is 0 Å². The van der Waals surface area contributed by atoms with E-state index in [2.05, 4.69) is 64.9 Å². The molecule has 0 aromatic heterocycles. The predicted molar refractivity (Wildman–Crippen MR) is 113 cm³/mol. The van der Waals surface area contributed by atoms with Gasteiger partial charge >= 0.3 is 0 Å². The van der Waals surface area contributed by atoms with Crippen molar-refractivity contribution in [3.63, 3.8) is 0 Å². The molecule has 1 saturated carbocycles. The maximum Gasteiger partial charge on any atom is 0.0406 e. The van der Waals surface area contributed by atoms with Crippen LogP contribution in [0.5, 0.6) is 0 Å². The average Bonchev–Trinajstić information content (AvgIpc) is 3.25. The third-order valence-electron chi connectivity index (χ3n) is 4.63. The quantitative estimate of drug-likeness (QED) is 0.391. The fourth-order valence-electron chi connectivity index (χ4n) is 3.40. The van der Waals surface area contributed by atoms with Crippen LogP contribution in [-0.2, 0) is 0 Å². The summed E-state index contributed by atoms with van der Waals surface area (Å²) in [7, 11) is 4.36. The predicted octanol–water partition coefficient (Wildman–Crippen LogP) is 7.33. The number of benzene rings is 2. The molecule has 2 aromatic rings. The van der Waals surface area contributed by atoms with Crippen molar-refractivity contribution in [1.29, 1.82) is 0 Å². The van der Waals surface area contributed by atoms with Crippen LogP contribution in [0.1, 0.15) is 29.5 Å². The molecule has 2 aromatic carbocycles. The van der Waals surface area contributed by atoms with Gasteiger partial charge in [0.05, 0.1) is 0 Å². The molecule has 0 N–H and O–H groups in total. The van der Waals surface area contributed by atoms with Crippen molar-refractivity contribution in [2.75, 3.05) is 0 Å². The van der Waals surface area contributed by atoms with Gasteiger partial charge in [-0.15, -0.1) is 0 Å². The van der Waals surface area contributed by atoms with Crippen molar-refractivity contribution in [2.24, 2.45) is 0 Å². The molecular formula is C20H15ClS3. The Morgan fingerprint density at radius 2 is 1.29 bits per heavy atom. The van der Waals surface area contributed by atoms with E-state index in [1.807, 2.05) is 12.1 Å². The van der Waals surface area contributed by atoms with E-state index in [9.17, 15) is 0 Å². The van der Waals surface area contributed by atoms with Crippen molar-refractivity contribution in [2.45, 2.75) is 19.8 Å². The first-order valence-electron chi connectivity index (χ1n) is 7.98. The molecule has 0 radical (unpaired) electrons. The molecule has 4 heteroatoms. The molecule has 1 fully saturated rings. The standard InChI is InChI=1S/C20H15ClS3/c1-12-2-4-13(5-3-12)18-16-10-11-17-19(23-24(22-18)20(16)17)14-6-8-15(21)9-7-14/h2-9H,10-11H2,1H3. The number of rotatable bonds is 2. The first-order valence-corrected chi connectivity index (χ1v) is 12.3. The number of hydrogen-bond donors (Lipinski definition) is 0. The van der Waals surface area contributed by atoms with Crippen LogP contribution in [0.15, 0.2) is 59.7 Å². The van der Waals surface area contributed by atoms with Crippen LogP contribution in [0, 0.1) is 6.92 Å². The molecule has 3 aliphatic rings. The molecule has 24 heavy (non-hydrogen) atoms. The van der Waals surface area contributed by atoms with Crippen LogP contribution < -0.4 is 0 Å². The Hall–Kier alpha value is -0.870. The molecule has 0 spiro atoms. The minimum atomic E-state index is 0.231. The number of hydrogen-bond acceptors (Lipinski definition) is 2. The van der Waals surface area contributed by atoms with E-state index in [-0.39, 0.29) is 8.55 Å². The van der Waals surface area contributed by atoms with E-state index in [0.717, 1.165) is 5.02 Å². The lowest BCUT2D eigenvalue weighted by Crippen LogP contribution is -1.93. The SMILES string of the molecule is Cc1ccc(C2=C3CCC4=C(c5ccc(Cl)cc5)SS(=C34)S2)cc1. The Balaban J connectivity index is 1.56. The highest BCUT2D eigenvalue weighted by Gasteiger charge is 2.39. The van der Waals surface area contributed by atoms with Gasteiger partial charge in [-0.05, 0) is 54.2 Å². The van der Waals surface area contributed by atoms with Crippen molar-refractivity contribution in [3.8, 4) is 0 Å².